The Morgan fingerprint density at radius 1 is 1.11 bits per heavy atom. The zero-order chi connectivity index (χ0) is 18.6. The molecule has 0 saturated carbocycles. The number of aryl methyl sites for hydroxylation is 3. The molecule has 4 rings (SSSR count). The Kier molecular flexibility index (Phi) is 4.97. The SMILES string of the molecule is O=C(CCc1nnc(-c2ccccc2)o1)NNC(=O)c1cc2c(s1)CCC2. The van der Waals surface area contributed by atoms with Crippen molar-refractivity contribution in [2.75, 3.05) is 0 Å². The molecule has 1 aliphatic carbocycles. The Hall–Kier alpha value is -3.00. The van der Waals surface area contributed by atoms with Crippen molar-refractivity contribution in [3.8, 4) is 11.5 Å². The van der Waals surface area contributed by atoms with Crippen LogP contribution < -0.4 is 10.9 Å². The summed E-state index contributed by atoms with van der Waals surface area (Å²) in [5.41, 5.74) is 6.97. The van der Waals surface area contributed by atoms with Gasteiger partial charge in [-0.3, -0.25) is 20.4 Å². The van der Waals surface area contributed by atoms with E-state index in [0.717, 1.165) is 24.8 Å². The number of rotatable bonds is 5. The van der Waals surface area contributed by atoms with Gasteiger partial charge in [-0.05, 0) is 43.0 Å². The van der Waals surface area contributed by atoms with Crippen LogP contribution in [0, 0.1) is 0 Å². The summed E-state index contributed by atoms with van der Waals surface area (Å²) in [6.45, 7) is 0. The second-order valence-corrected chi connectivity index (χ2v) is 7.42. The van der Waals surface area contributed by atoms with Crippen molar-refractivity contribution in [3.63, 3.8) is 0 Å². The lowest BCUT2D eigenvalue weighted by molar-refractivity contribution is -0.121. The highest BCUT2D eigenvalue weighted by Gasteiger charge is 2.18. The quantitative estimate of drug-likeness (QED) is 0.661. The van der Waals surface area contributed by atoms with Gasteiger partial charge in [0.05, 0.1) is 4.88 Å². The number of carbonyl (C=O) groups is 2. The maximum Gasteiger partial charge on any atom is 0.279 e. The molecule has 0 bridgehead atoms. The van der Waals surface area contributed by atoms with Gasteiger partial charge in [0.25, 0.3) is 5.91 Å². The van der Waals surface area contributed by atoms with E-state index in [9.17, 15) is 9.59 Å². The Morgan fingerprint density at radius 2 is 1.96 bits per heavy atom. The van der Waals surface area contributed by atoms with Crippen molar-refractivity contribution in [1.82, 2.24) is 21.0 Å². The molecule has 2 aromatic heterocycles. The number of hydrazine groups is 1. The summed E-state index contributed by atoms with van der Waals surface area (Å²) < 4.78 is 5.56. The molecule has 138 valence electrons. The minimum atomic E-state index is -0.313. The molecule has 0 unspecified atom stereocenters. The maximum atomic E-state index is 12.1. The number of amides is 2. The van der Waals surface area contributed by atoms with E-state index < -0.39 is 0 Å². The monoisotopic (exact) mass is 382 g/mol. The zero-order valence-electron chi connectivity index (χ0n) is 14.5. The van der Waals surface area contributed by atoms with E-state index in [1.165, 1.54) is 21.8 Å². The molecule has 0 saturated heterocycles. The second-order valence-electron chi connectivity index (χ2n) is 6.28. The van der Waals surface area contributed by atoms with E-state index in [4.69, 9.17) is 4.42 Å². The highest BCUT2D eigenvalue weighted by atomic mass is 32.1. The van der Waals surface area contributed by atoms with Gasteiger partial charge < -0.3 is 4.42 Å². The van der Waals surface area contributed by atoms with Gasteiger partial charge in [0.15, 0.2) is 0 Å². The average molecular weight is 382 g/mol. The average Bonchev–Trinajstić information content (AvgIpc) is 3.41. The molecule has 0 fully saturated rings. The van der Waals surface area contributed by atoms with Gasteiger partial charge in [0.2, 0.25) is 17.7 Å². The molecule has 0 spiro atoms. The van der Waals surface area contributed by atoms with E-state index in [2.05, 4.69) is 21.0 Å². The summed E-state index contributed by atoms with van der Waals surface area (Å²) in [5, 5.41) is 7.94. The highest BCUT2D eigenvalue weighted by molar-refractivity contribution is 7.14. The van der Waals surface area contributed by atoms with Gasteiger partial charge in [-0.1, -0.05) is 18.2 Å². The Labute approximate surface area is 159 Å². The fourth-order valence-corrected chi connectivity index (χ4v) is 4.11. The molecule has 8 heteroatoms. The van der Waals surface area contributed by atoms with Crippen LogP contribution in [0.1, 0.15) is 38.8 Å². The van der Waals surface area contributed by atoms with Crippen LogP contribution in [-0.4, -0.2) is 22.0 Å². The number of fused-ring (bicyclic) bond motifs is 1. The van der Waals surface area contributed by atoms with E-state index in [-0.39, 0.29) is 18.2 Å². The maximum absolute atomic E-state index is 12.1. The third-order valence-electron chi connectivity index (χ3n) is 4.34. The summed E-state index contributed by atoms with van der Waals surface area (Å²) in [4.78, 5) is 26.0. The molecule has 0 radical (unpaired) electrons. The molecule has 0 aliphatic heterocycles. The summed E-state index contributed by atoms with van der Waals surface area (Å²) in [6, 6.07) is 11.3. The van der Waals surface area contributed by atoms with Crippen LogP contribution >= 0.6 is 11.3 Å². The van der Waals surface area contributed by atoms with Crippen LogP contribution in [0.5, 0.6) is 0 Å². The van der Waals surface area contributed by atoms with E-state index >= 15 is 0 Å². The fraction of sp³-hybridized carbons (Fsp3) is 0.263. The molecular weight excluding hydrogens is 364 g/mol. The van der Waals surface area contributed by atoms with Crippen LogP contribution in [0.3, 0.4) is 0 Å². The molecule has 2 N–H and O–H groups in total. The lowest BCUT2D eigenvalue weighted by Crippen LogP contribution is -2.41. The molecule has 27 heavy (non-hydrogen) atoms. The minimum Gasteiger partial charge on any atom is -0.421 e. The molecule has 1 aliphatic rings. The largest absolute Gasteiger partial charge is 0.421 e. The molecule has 7 nitrogen and oxygen atoms in total. The number of hydrogen-bond acceptors (Lipinski definition) is 6. The molecule has 2 heterocycles. The predicted molar refractivity (Wildman–Crippen MR) is 100 cm³/mol. The van der Waals surface area contributed by atoms with Gasteiger partial charge in [-0.25, -0.2) is 0 Å². The van der Waals surface area contributed by atoms with Crippen molar-refractivity contribution in [1.29, 1.82) is 0 Å². The first-order valence-electron chi connectivity index (χ1n) is 8.77. The van der Waals surface area contributed by atoms with E-state index in [1.807, 2.05) is 36.4 Å². The van der Waals surface area contributed by atoms with Crippen molar-refractivity contribution in [3.05, 3.63) is 57.6 Å². The van der Waals surface area contributed by atoms with Gasteiger partial charge in [-0.2, -0.15) is 0 Å². The highest BCUT2D eigenvalue weighted by Crippen LogP contribution is 2.30. The fourth-order valence-electron chi connectivity index (χ4n) is 2.96. The first-order chi connectivity index (χ1) is 13.2. The number of nitrogens with one attached hydrogen (secondary N) is 2. The summed E-state index contributed by atoms with van der Waals surface area (Å²) in [6.07, 6.45) is 3.66. The first kappa shape index (κ1) is 17.4. The predicted octanol–water partition coefficient (Wildman–Crippen LogP) is 2.68. The number of benzene rings is 1. The lowest BCUT2D eigenvalue weighted by atomic mass is 10.2. The molecule has 0 atom stereocenters. The normalized spacial score (nSPS) is 12.6. The topological polar surface area (TPSA) is 97.1 Å². The van der Waals surface area contributed by atoms with E-state index in [1.54, 1.807) is 0 Å². The Bertz CT molecular complexity index is 943. The van der Waals surface area contributed by atoms with Crippen molar-refractivity contribution >= 4 is 23.2 Å². The minimum absolute atomic E-state index is 0.137. The van der Waals surface area contributed by atoms with Crippen LogP contribution in [0.4, 0.5) is 0 Å². The summed E-state index contributed by atoms with van der Waals surface area (Å²) >= 11 is 1.50. The summed E-state index contributed by atoms with van der Waals surface area (Å²) in [5.74, 6) is 0.203. The van der Waals surface area contributed by atoms with Crippen LogP contribution in [-0.2, 0) is 24.1 Å². The van der Waals surface area contributed by atoms with Gasteiger partial charge in [0, 0.05) is 23.3 Å². The van der Waals surface area contributed by atoms with E-state index in [0.29, 0.717) is 23.1 Å². The Morgan fingerprint density at radius 3 is 2.78 bits per heavy atom. The molecule has 1 aromatic carbocycles. The van der Waals surface area contributed by atoms with Crippen LogP contribution in [0.2, 0.25) is 0 Å². The first-order valence-corrected chi connectivity index (χ1v) is 9.59. The molecular formula is C19H18N4O3S. The molecule has 2 amide bonds. The van der Waals surface area contributed by atoms with Crippen molar-refractivity contribution in [2.24, 2.45) is 0 Å². The third kappa shape index (κ3) is 4.06. The number of aromatic nitrogens is 2. The summed E-state index contributed by atoms with van der Waals surface area (Å²) in [7, 11) is 0. The number of nitrogens with zero attached hydrogens (tertiary/aromatic N) is 2. The Balaban J connectivity index is 1.25. The van der Waals surface area contributed by atoms with Gasteiger partial charge in [-0.15, -0.1) is 21.5 Å². The number of hydrogen-bond donors (Lipinski definition) is 2. The smallest absolute Gasteiger partial charge is 0.279 e. The third-order valence-corrected chi connectivity index (χ3v) is 5.58. The van der Waals surface area contributed by atoms with Crippen molar-refractivity contribution in [2.45, 2.75) is 32.1 Å². The van der Waals surface area contributed by atoms with Gasteiger partial charge in [0.1, 0.15) is 0 Å². The zero-order valence-corrected chi connectivity index (χ0v) is 15.3. The second kappa shape index (κ2) is 7.71. The van der Waals surface area contributed by atoms with Crippen LogP contribution in [0.15, 0.2) is 40.8 Å². The van der Waals surface area contributed by atoms with Gasteiger partial charge >= 0.3 is 0 Å². The van der Waals surface area contributed by atoms with Crippen LogP contribution in [0.25, 0.3) is 11.5 Å². The standard InChI is InChI=1S/C19H18N4O3S/c24-16(20-22-18(25)15-11-13-7-4-8-14(13)27-15)9-10-17-21-23-19(26-17)12-5-2-1-3-6-12/h1-3,5-6,11H,4,7-10H2,(H,20,24)(H,22,25). The van der Waals surface area contributed by atoms with Crippen molar-refractivity contribution < 1.29 is 14.0 Å². The number of thiophene rings is 1. The lowest BCUT2D eigenvalue weighted by Gasteiger charge is -2.05. The molecule has 3 aromatic rings. The number of carbonyl (C=O) groups excluding carboxylic acids is 2.